The summed E-state index contributed by atoms with van der Waals surface area (Å²) in [5.74, 6) is 0.206. The van der Waals surface area contributed by atoms with Crippen LogP contribution in [0.1, 0.15) is 13.8 Å². The Morgan fingerprint density at radius 1 is 1.42 bits per heavy atom. The zero-order valence-corrected chi connectivity index (χ0v) is 14.5. The maximum absolute atomic E-state index is 10.8. The van der Waals surface area contributed by atoms with Crippen molar-refractivity contribution in [1.29, 1.82) is 0 Å². The van der Waals surface area contributed by atoms with Gasteiger partial charge >= 0.3 is 5.97 Å². The molecule has 1 aromatic carbocycles. The molecule has 3 rings (SSSR count). The molecule has 2 unspecified atom stereocenters. The number of benzene rings is 1. The quantitative estimate of drug-likeness (QED) is 0.805. The van der Waals surface area contributed by atoms with Crippen molar-refractivity contribution in [2.45, 2.75) is 25.0 Å². The zero-order valence-electron chi connectivity index (χ0n) is 13.7. The molecule has 0 radical (unpaired) electrons. The number of thioether (sulfide) groups is 1. The summed E-state index contributed by atoms with van der Waals surface area (Å²) in [6.45, 7) is 4.55. The van der Waals surface area contributed by atoms with Crippen LogP contribution in [0.15, 0.2) is 41.6 Å². The number of fused-ring (bicyclic) bond motifs is 1. The van der Waals surface area contributed by atoms with Crippen LogP contribution in [0.5, 0.6) is 5.75 Å². The molecule has 0 fully saturated rings. The van der Waals surface area contributed by atoms with Gasteiger partial charge in [0.05, 0.1) is 23.2 Å². The first-order valence-electron chi connectivity index (χ1n) is 7.89. The fraction of sp³-hybridized carbons (Fsp3) is 0.333. The molecule has 1 aliphatic heterocycles. The number of hydrogen-bond acceptors (Lipinski definition) is 5. The van der Waals surface area contributed by atoms with E-state index >= 15 is 0 Å². The lowest BCUT2D eigenvalue weighted by molar-refractivity contribution is -0.140. The first-order valence-corrected chi connectivity index (χ1v) is 8.88. The standard InChI is InChI=1S/C18H20N2O3S/c1-11(18(21)22)10-24-17-6-4-14(9-20-17)13-3-5-15-16(7-13)23-12(2)8-19-15/h3-7,9,11-12,19H,8,10H2,1-2H3,(H,21,22). The van der Waals surface area contributed by atoms with Gasteiger partial charge < -0.3 is 15.2 Å². The molecule has 1 aromatic heterocycles. The highest BCUT2D eigenvalue weighted by molar-refractivity contribution is 7.99. The van der Waals surface area contributed by atoms with Crippen molar-refractivity contribution >= 4 is 23.4 Å². The van der Waals surface area contributed by atoms with Gasteiger partial charge in [0.2, 0.25) is 0 Å². The van der Waals surface area contributed by atoms with Crippen LogP contribution in [0, 0.1) is 5.92 Å². The van der Waals surface area contributed by atoms with Crippen molar-refractivity contribution in [2.75, 3.05) is 17.6 Å². The third-order valence-corrected chi connectivity index (χ3v) is 5.07. The molecule has 2 aromatic rings. The smallest absolute Gasteiger partial charge is 0.307 e. The van der Waals surface area contributed by atoms with Gasteiger partial charge in [-0.2, -0.15) is 0 Å². The van der Waals surface area contributed by atoms with E-state index in [9.17, 15) is 4.79 Å². The molecular weight excluding hydrogens is 324 g/mol. The van der Waals surface area contributed by atoms with E-state index < -0.39 is 5.97 Å². The summed E-state index contributed by atoms with van der Waals surface area (Å²) >= 11 is 1.46. The SMILES string of the molecule is CC1CNc2ccc(-c3ccc(SCC(C)C(=O)O)nc3)cc2O1. The van der Waals surface area contributed by atoms with Gasteiger partial charge in [-0.1, -0.05) is 19.1 Å². The molecule has 2 N–H and O–H groups in total. The third kappa shape index (κ3) is 3.82. The summed E-state index contributed by atoms with van der Waals surface area (Å²) in [5, 5.41) is 13.1. The van der Waals surface area contributed by atoms with Crippen molar-refractivity contribution < 1.29 is 14.6 Å². The number of ether oxygens (including phenoxy) is 1. The molecule has 0 saturated heterocycles. The van der Waals surface area contributed by atoms with E-state index in [0.29, 0.717) is 5.75 Å². The zero-order chi connectivity index (χ0) is 17.1. The fourth-order valence-electron chi connectivity index (χ4n) is 2.38. The lowest BCUT2D eigenvalue weighted by Gasteiger charge is -2.25. The van der Waals surface area contributed by atoms with Crippen LogP contribution < -0.4 is 10.1 Å². The van der Waals surface area contributed by atoms with Gasteiger partial charge in [0.15, 0.2) is 0 Å². The minimum Gasteiger partial charge on any atom is -0.487 e. The molecule has 0 saturated carbocycles. The predicted octanol–water partition coefficient (Wildman–Crippen LogP) is 3.75. The monoisotopic (exact) mass is 344 g/mol. The van der Waals surface area contributed by atoms with Crippen LogP contribution in [-0.4, -0.2) is 34.5 Å². The Kier molecular flexibility index (Phi) is 4.94. The van der Waals surface area contributed by atoms with Crippen LogP contribution >= 0.6 is 11.8 Å². The molecule has 2 atom stereocenters. The first kappa shape index (κ1) is 16.6. The highest BCUT2D eigenvalue weighted by atomic mass is 32.2. The van der Waals surface area contributed by atoms with E-state index in [1.54, 1.807) is 6.92 Å². The fourth-order valence-corrected chi connectivity index (χ4v) is 3.23. The Morgan fingerprint density at radius 3 is 2.92 bits per heavy atom. The molecule has 6 heteroatoms. The molecule has 24 heavy (non-hydrogen) atoms. The number of aliphatic carboxylic acids is 1. The Morgan fingerprint density at radius 2 is 2.21 bits per heavy atom. The summed E-state index contributed by atoms with van der Waals surface area (Å²) in [4.78, 5) is 15.3. The highest BCUT2D eigenvalue weighted by Crippen LogP contribution is 2.34. The maximum Gasteiger partial charge on any atom is 0.307 e. The number of hydrogen-bond donors (Lipinski definition) is 2. The molecule has 2 heterocycles. The Balaban J connectivity index is 1.72. The van der Waals surface area contributed by atoms with E-state index in [-0.39, 0.29) is 12.0 Å². The van der Waals surface area contributed by atoms with E-state index in [4.69, 9.17) is 9.84 Å². The summed E-state index contributed by atoms with van der Waals surface area (Å²) in [7, 11) is 0. The van der Waals surface area contributed by atoms with Gasteiger partial charge in [-0.05, 0) is 30.7 Å². The molecule has 5 nitrogen and oxygen atoms in total. The number of carboxylic acids is 1. The summed E-state index contributed by atoms with van der Waals surface area (Å²) in [5.41, 5.74) is 3.07. The number of carboxylic acid groups (broad SMARTS) is 1. The highest BCUT2D eigenvalue weighted by Gasteiger charge is 2.16. The number of pyridine rings is 1. The minimum atomic E-state index is -0.781. The molecule has 126 valence electrons. The lowest BCUT2D eigenvalue weighted by Crippen LogP contribution is -2.27. The van der Waals surface area contributed by atoms with Crippen molar-refractivity contribution in [3.8, 4) is 16.9 Å². The first-order chi connectivity index (χ1) is 11.5. The predicted molar refractivity (Wildman–Crippen MR) is 95.8 cm³/mol. The minimum absolute atomic E-state index is 0.154. The second kappa shape index (κ2) is 7.13. The largest absolute Gasteiger partial charge is 0.487 e. The Hall–Kier alpha value is -2.21. The third-order valence-electron chi connectivity index (χ3n) is 3.86. The number of carbonyl (C=O) groups is 1. The van der Waals surface area contributed by atoms with Gasteiger partial charge in [-0.15, -0.1) is 11.8 Å². The molecule has 0 aliphatic carbocycles. The van der Waals surface area contributed by atoms with Crippen molar-refractivity contribution in [1.82, 2.24) is 4.98 Å². The van der Waals surface area contributed by atoms with E-state index in [2.05, 4.69) is 10.3 Å². The summed E-state index contributed by atoms with van der Waals surface area (Å²) in [6, 6.07) is 10.0. The van der Waals surface area contributed by atoms with Gasteiger partial charge in [0, 0.05) is 17.5 Å². The second-order valence-electron chi connectivity index (χ2n) is 5.96. The summed E-state index contributed by atoms with van der Waals surface area (Å²) in [6.07, 6.45) is 1.97. The van der Waals surface area contributed by atoms with Crippen LogP contribution in [0.25, 0.3) is 11.1 Å². The topological polar surface area (TPSA) is 71.5 Å². The second-order valence-corrected chi connectivity index (χ2v) is 7.00. The number of aromatic nitrogens is 1. The Bertz CT molecular complexity index is 734. The van der Waals surface area contributed by atoms with Crippen molar-refractivity contribution in [2.24, 2.45) is 5.92 Å². The van der Waals surface area contributed by atoms with E-state index in [0.717, 1.165) is 34.1 Å². The van der Waals surface area contributed by atoms with Crippen molar-refractivity contribution in [3.63, 3.8) is 0 Å². The van der Waals surface area contributed by atoms with Crippen LogP contribution in [0.4, 0.5) is 5.69 Å². The molecule has 1 aliphatic rings. The van der Waals surface area contributed by atoms with Gasteiger partial charge in [0.1, 0.15) is 11.9 Å². The number of nitrogens with one attached hydrogen (secondary N) is 1. The average molecular weight is 344 g/mol. The lowest BCUT2D eigenvalue weighted by atomic mass is 10.1. The van der Waals surface area contributed by atoms with Gasteiger partial charge in [-0.3, -0.25) is 4.79 Å². The van der Waals surface area contributed by atoms with Gasteiger partial charge in [-0.25, -0.2) is 4.98 Å². The normalized spacial score (nSPS) is 17.3. The average Bonchev–Trinajstić information content (AvgIpc) is 2.59. The number of nitrogens with zero attached hydrogens (tertiary/aromatic N) is 1. The molecule has 0 amide bonds. The maximum atomic E-state index is 10.8. The molecular formula is C18H20N2O3S. The van der Waals surface area contributed by atoms with Crippen molar-refractivity contribution in [3.05, 3.63) is 36.5 Å². The van der Waals surface area contributed by atoms with E-state index in [1.165, 1.54) is 11.8 Å². The molecule has 0 spiro atoms. The number of anilines is 1. The van der Waals surface area contributed by atoms with Gasteiger partial charge in [0.25, 0.3) is 0 Å². The summed E-state index contributed by atoms with van der Waals surface area (Å²) < 4.78 is 5.86. The van der Waals surface area contributed by atoms with Crippen LogP contribution in [-0.2, 0) is 4.79 Å². The van der Waals surface area contributed by atoms with Crippen LogP contribution in [0.2, 0.25) is 0 Å². The Labute approximate surface area is 145 Å². The molecule has 0 bridgehead atoms. The van der Waals surface area contributed by atoms with E-state index in [1.807, 2.05) is 43.5 Å². The van der Waals surface area contributed by atoms with Crippen LogP contribution in [0.3, 0.4) is 0 Å². The number of rotatable bonds is 5.